The third-order valence-electron chi connectivity index (χ3n) is 4.40. The van der Waals surface area contributed by atoms with Gasteiger partial charge < -0.3 is 40.3 Å². The van der Waals surface area contributed by atoms with Crippen molar-refractivity contribution in [1.29, 1.82) is 0 Å². The van der Waals surface area contributed by atoms with Crippen molar-refractivity contribution < 1.29 is 44.6 Å². The first-order valence-electron chi connectivity index (χ1n) is 8.71. The number of benzene rings is 1. The Morgan fingerprint density at radius 3 is 2.54 bits per heavy atom. The Bertz CT molecular complexity index is 670. The molecule has 1 fully saturated rings. The molecular weight excluding hydrogens is 374 g/mol. The van der Waals surface area contributed by atoms with E-state index in [0.717, 1.165) is 6.92 Å². The van der Waals surface area contributed by atoms with E-state index in [9.17, 15) is 30.0 Å². The third kappa shape index (κ3) is 5.25. The lowest BCUT2D eigenvalue weighted by Gasteiger charge is -2.45. The van der Waals surface area contributed by atoms with Crippen LogP contribution in [0.1, 0.15) is 18.9 Å². The number of carbonyl (C=O) groups excluding carboxylic acids is 2. The first kappa shape index (κ1) is 22.2. The van der Waals surface area contributed by atoms with Gasteiger partial charge in [0.2, 0.25) is 5.91 Å². The minimum atomic E-state index is -2.62. The number of nitrogens with one attached hydrogen (secondary N) is 1. The molecule has 1 aromatic carbocycles. The molecule has 0 aliphatic carbocycles. The van der Waals surface area contributed by atoms with Gasteiger partial charge in [0.1, 0.15) is 24.9 Å². The normalized spacial score (nSPS) is 29.6. The zero-order valence-electron chi connectivity index (χ0n) is 15.3. The molecule has 6 atom stereocenters. The van der Waals surface area contributed by atoms with Gasteiger partial charge in [0.15, 0.2) is 0 Å². The first-order valence-corrected chi connectivity index (χ1v) is 8.71. The van der Waals surface area contributed by atoms with Crippen molar-refractivity contribution in [2.45, 2.75) is 56.2 Å². The molecule has 156 valence electrons. The standard InChI is InChI=1S/C18H25NO9/c1-10(21)19-14-12(22)7-18(26,28-16(14)15(24)13(23)8-20)17(25)27-9-11-5-3-2-4-6-11/h2-6,12-16,20,22-24,26H,7-9H2,1H3,(H,19,21)/t12?,13-,14-,15-,16?,18+/m1/s1. The Kier molecular flexibility index (Phi) is 7.47. The molecule has 10 nitrogen and oxygen atoms in total. The number of hydrogen-bond acceptors (Lipinski definition) is 9. The van der Waals surface area contributed by atoms with Crippen LogP contribution in [0.15, 0.2) is 30.3 Å². The van der Waals surface area contributed by atoms with Crippen LogP contribution in [0, 0.1) is 0 Å². The van der Waals surface area contributed by atoms with Gasteiger partial charge in [-0.15, -0.1) is 0 Å². The molecule has 1 aliphatic rings. The minimum absolute atomic E-state index is 0.164. The van der Waals surface area contributed by atoms with Gasteiger partial charge in [0, 0.05) is 13.3 Å². The molecule has 28 heavy (non-hydrogen) atoms. The van der Waals surface area contributed by atoms with Crippen LogP contribution < -0.4 is 5.32 Å². The molecule has 1 aromatic rings. The van der Waals surface area contributed by atoms with E-state index in [2.05, 4.69) is 5.32 Å². The third-order valence-corrected chi connectivity index (χ3v) is 4.40. The van der Waals surface area contributed by atoms with Crippen LogP contribution >= 0.6 is 0 Å². The zero-order valence-corrected chi connectivity index (χ0v) is 15.3. The molecule has 1 aliphatic heterocycles. The van der Waals surface area contributed by atoms with Crippen LogP contribution in [0.25, 0.3) is 0 Å². The van der Waals surface area contributed by atoms with Gasteiger partial charge in [-0.3, -0.25) is 4.79 Å². The highest BCUT2D eigenvalue weighted by molar-refractivity contribution is 5.78. The molecule has 0 radical (unpaired) electrons. The van der Waals surface area contributed by atoms with Gasteiger partial charge in [-0.05, 0) is 5.56 Å². The molecule has 0 saturated carbocycles. The smallest absolute Gasteiger partial charge is 0.367 e. The quantitative estimate of drug-likeness (QED) is 0.279. The average molecular weight is 399 g/mol. The maximum absolute atomic E-state index is 12.4. The second-order valence-electron chi connectivity index (χ2n) is 6.67. The van der Waals surface area contributed by atoms with Gasteiger partial charge in [0.25, 0.3) is 5.79 Å². The van der Waals surface area contributed by atoms with Crippen molar-refractivity contribution in [2.24, 2.45) is 0 Å². The molecule has 1 heterocycles. The Morgan fingerprint density at radius 1 is 1.32 bits per heavy atom. The lowest BCUT2D eigenvalue weighted by molar-refractivity contribution is -0.297. The van der Waals surface area contributed by atoms with Crippen LogP contribution in [0.4, 0.5) is 0 Å². The Morgan fingerprint density at radius 2 is 1.96 bits per heavy atom. The second kappa shape index (κ2) is 9.41. The van der Waals surface area contributed by atoms with E-state index in [4.69, 9.17) is 14.6 Å². The monoisotopic (exact) mass is 399 g/mol. The molecule has 0 spiro atoms. The first-order chi connectivity index (χ1) is 13.2. The molecule has 2 unspecified atom stereocenters. The van der Waals surface area contributed by atoms with Crippen molar-refractivity contribution in [2.75, 3.05) is 6.61 Å². The molecule has 6 N–H and O–H groups in total. The van der Waals surface area contributed by atoms with Gasteiger partial charge in [-0.1, -0.05) is 30.3 Å². The van der Waals surface area contributed by atoms with Gasteiger partial charge in [-0.2, -0.15) is 0 Å². The van der Waals surface area contributed by atoms with E-state index in [1.54, 1.807) is 30.3 Å². The van der Waals surface area contributed by atoms with E-state index in [1.165, 1.54) is 0 Å². The number of aliphatic hydroxyl groups excluding tert-OH is 4. The van der Waals surface area contributed by atoms with Crippen molar-refractivity contribution >= 4 is 11.9 Å². The molecular formula is C18H25NO9. The summed E-state index contributed by atoms with van der Waals surface area (Å²) in [4.78, 5) is 23.8. The van der Waals surface area contributed by atoms with Crippen molar-refractivity contribution in [3.05, 3.63) is 35.9 Å². The fraction of sp³-hybridized carbons (Fsp3) is 0.556. The highest BCUT2D eigenvalue weighted by atomic mass is 16.7. The number of ether oxygens (including phenoxy) is 2. The summed E-state index contributed by atoms with van der Waals surface area (Å²) in [6.45, 7) is 0.150. The fourth-order valence-electron chi connectivity index (χ4n) is 2.97. The topological polar surface area (TPSA) is 166 Å². The summed E-state index contributed by atoms with van der Waals surface area (Å²) in [5, 5.41) is 52.2. The summed E-state index contributed by atoms with van der Waals surface area (Å²) in [6.07, 6.45) is -7.24. The lowest BCUT2D eigenvalue weighted by Crippen LogP contribution is -2.67. The Labute approximate surface area is 161 Å². The minimum Gasteiger partial charge on any atom is -0.457 e. The maximum Gasteiger partial charge on any atom is 0.367 e. The number of rotatable bonds is 7. The Balaban J connectivity index is 2.17. The van der Waals surface area contributed by atoms with Gasteiger partial charge >= 0.3 is 5.97 Å². The lowest BCUT2D eigenvalue weighted by atomic mass is 9.88. The highest BCUT2D eigenvalue weighted by Crippen LogP contribution is 2.31. The number of aliphatic hydroxyl groups is 5. The van der Waals surface area contributed by atoms with E-state index in [0.29, 0.717) is 5.56 Å². The van der Waals surface area contributed by atoms with Crippen molar-refractivity contribution in [3.63, 3.8) is 0 Å². The number of carbonyl (C=O) groups is 2. The molecule has 0 aromatic heterocycles. The zero-order chi connectivity index (χ0) is 20.9. The van der Waals surface area contributed by atoms with E-state index in [1.807, 2.05) is 0 Å². The van der Waals surface area contributed by atoms with Crippen LogP contribution in [0.3, 0.4) is 0 Å². The fourth-order valence-corrected chi connectivity index (χ4v) is 2.97. The highest BCUT2D eigenvalue weighted by Gasteiger charge is 2.54. The van der Waals surface area contributed by atoms with E-state index in [-0.39, 0.29) is 6.61 Å². The van der Waals surface area contributed by atoms with Gasteiger partial charge in [-0.25, -0.2) is 4.79 Å². The number of amides is 1. The summed E-state index contributed by atoms with van der Waals surface area (Å²) in [5.74, 6) is -4.39. The molecule has 0 bridgehead atoms. The predicted molar refractivity (Wildman–Crippen MR) is 93.4 cm³/mol. The summed E-state index contributed by atoms with van der Waals surface area (Å²) < 4.78 is 10.3. The second-order valence-corrected chi connectivity index (χ2v) is 6.67. The summed E-state index contributed by atoms with van der Waals surface area (Å²) >= 11 is 0. The summed E-state index contributed by atoms with van der Waals surface area (Å²) in [5.41, 5.74) is 0.652. The predicted octanol–water partition coefficient (Wildman–Crippen LogP) is -2.21. The molecule has 10 heteroatoms. The molecule has 1 saturated heterocycles. The Hall–Kier alpha value is -2.08. The van der Waals surface area contributed by atoms with Crippen LogP contribution in [-0.4, -0.2) is 80.3 Å². The summed E-state index contributed by atoms with van der Waals surface area (Å²) in [6, 6.07) is 7.41. The van der Waals surface area contributed by atoms with Crippen LogP contribution in [-0.2, 0) is 25.7 Å². The van der Waals surface area contributed by atoms with Crippen LogP contribution in [0.5, 0.6) is 0 Å². The SMILES string of the molecule is CC(=O)N[C@@H]1C(O)C[C@@](O)(C(=O)OCc2ccccc2)OC1[C@H](O)[C@H](O)CO. The van der Waals surface area contributed by atoms with E-state index < -0.39 is 61.1 Å². The van der Waals surface area contributed by atoms with Crippen molar-refractivity contribution in [1.82, 2.24) is 5.32 Å². The van der Waals surface area contributed by atoms with Crippen molar-refractivity contribution in [3.8, 4) is 0 Å². The van der Waals surface area contributed by atoms with E-state index >= 15 is 0 Å². The van der Waals surface area contributed by atoms with Crippen LogP contribution in [0.2, 0.25) is 0 Å². The summed E-state index contributed by atoms with van der Waals surface area (Å²) in [7, 11) is 0. The number of hydrogen-bond donors (Lipinski definition) is 6. The molecule has 1 amide bonds. The number of esters is 1. The largest absolute Gasteiger partial charge is 0.457 e. The van der Waals surface area contributed by atoms with Gasteiger partial charge in [0.05, 0.1) is 18.8 Å². The molecule has 2 rings (SSSR count). The average Bonchev–Trinajstić information content (AvgIpc) is 2.67. The maximum atomic E-state index is 12.4.